The second-order valence-corrected chi connectivity index (χ2v) is 5.01. The summed E-state index contributed by atoms with van der Waals surface area (Å²) in [6, 6.07) is 15.1. The van der Waals surface area contributed by atoms with Crippen LogP contribution in [0.15, 0.2) is 54.6 Å². The van der Waals surface area contributed by atoms with Crippen LogP contribution in [0, 0.1) is 0 Å². The van der Waals surface area contributed by atoms with Gasteiger partial charge in [-0.1, -0.05) is 30.3 Å². The molecule has 2 aromatic carbocycles. The topological polar surface area (TPSA) is 87.7 Å². The van der Waals surface area contributed by atoms with Gasteiger partial charge in [0.15, 0.2) is 0 Å². The first-order chi connectivity index (χ1) is 11.0. The van der Waals surface area contributed by atoms with Crippen LogP contribution >= 0.6 is 0 Å². The maximum atomic E-state index is 11.3. The predicted octanol–water partition coefficient (Wildman–Crippen LogP) is 2.22. The van der Waals surface area contributed by atoms with E-state index < -0.39 is 12.0 Å². The Bertz CT molecular complexity index is 656. The van der Waals surface area contributed by atoms with Crippen molar-refractivity contribution in [1.29, 1.82) is 0 Å². The van der Waals surface area contributed by atoms with Gasteiger partial charge in [-0.25, -0.2) is 0 Å². The van der Waals surface area contributed by atoms with Crippen molar-refractivity contribution < 1.29 is 19.5 Å². The lowest BCUT2D eigenvalue weighted by Gasteiger charge is -2.15. The van der Waals surface area contributed by atoms with E-state index in [0.29, 0.717) is 17.9 Å². The number of carbonyl (C=O) groups excluding carboxylic acids is 1. The lowest BCUT2D eigenvalue weighted by Crippen LogP contribution is -2.40. The van der Waals surface area contributed by atoms with Crippen molar-refractivity contribution in [1.82, 2.24) is 5.48 Å². The summed E-state index contributed by atoms with van der Waals surface area (Å²) >= 11 is 0. The second-order valence-electron chi connectivity index (χ2n) is 5.01. The van der Waals surface area contributed by atoms with E-state index in [2.05, 4.69) is 10.8 Å². The first-order valence-corrected chi connectivity index (χ1v) is 7.11. The number of amides is 1. The number of hydrogen-bond donors (Lipinski definition) is 3. The van der Waals surface area contributed by atoms with E-state index in [-0.39, 0.29) is 5.91 Å². The summed E-state index contributed by atoms with van der Waals surface area (Å²) in [5.74, 6) is -0.701. The van der Waals surface area contributed by atoms with Crippen LogP contribution in [0.4, 0.5) is 5.69 Å². The van der Waals surface area contributed by atoms with Gasteiger partial charge < -0.3 is 15.3 Å². The first-order valence-electron chi connectivity index (χ1n) is 7.11. The molecule has 120 valence electrons. The highest BCUT2D eigenvalue weighted by Crippen LogP contribution is 2.15. The van der Waals surface area contributed by atoms with Gasteiger partial charge in [-0.05, 0) is 29.8 Å². The summed E-state index contributed by atoms with van der Waals surface area (Å²) in [5.41, 5.74) is 4.10. The second kappa shape index (κ2) is 7.95. The average molecular weight is 314 g/mol. The fourth-order valence-corrected chi connectivity index (χ4v) is 1.98. The monoisotopic (exact) mass is 314 g/mol. The largest absolute Gasteiger partial charge is 0.480 e. The molecule has 0 saturated heterocycles. The van der Waals surface area contributed by atoms with Gasteiger partial charge in [0, 0.05) is 19.0 Å². The Hall–Kier alpha value is -2.86. The molecule has 2 rings (SSSR count). The Kier molecular flexibility index (Phi) is 5.71. The number of anilines is 1. The molecule has 0 saturated carbocycles. The average Bonchev–Trinajstić information content (AvgIpc) is 2.53. The molecule has 0 aliphatic rings. The fourth-order valence-electron chi connectivity index (χ4n) is 1.98. The first kappa shape index (κ1) is 16.5. The maximum absolute atomic E-state index is 11.3. The molecule has 0 heterocycles. The molecule has 3 N–H and O–H groups in total. The molecule has 23 heavy (non-hydrogen) atoms. The van der Waals surface area contributed by atoms with E-state index in [1.807, 2.05) is 30.3 Å². The zero-order valence-corrected chi connectivity index (χ0v) is 12.7. The Morgan fingerprint density at radius 2 is 1.74 bits per heavy atom. The summed E-state index contributed by atoms with van der Waals surface area (Å²) < 4.78 is 0. The highest BCUT2D eigenvalue weighted by molar-refractivity contribution is 5.88. The molecule has 0 fully saturated rings. The molecular weight excluding hydrogens is 296 g/mol. The van der Waals surface area contributed by atoms with E-state index in [9.17, 15) is 14.7 Å². The molecule has 0 unspecified atom stereocenters. The van der Waals surface area contributed by atoms with Crippen molar-refractivity contribution >= 4 is 17.6 Å². The Morgan fingerprint density at radius 1 is 1.09 bits per heavy atom. The number of carboxylic acids is 1. The molecule has 0 aliphatic carbocycles. The van der Waals surface area contributed by atoms with E-state index in [4.69, 9.17) is 4.84 Å². The number of rotatable bonds is 7. The van der Waals surface area contributed by atoms with Gasteiger partial charge in [-0.15, -0.1) is 5.48 Å². The third kappa shape index (κ3) is 5.44. The highest BCUT2D eigenvalue weighted by atomic mass is 16.6. The van der Waals surface area contributed by atoms with Crippen LogP contribution in [0.5, 0.6) is 5.75 Å². The van der Waals surface area contributed by atoms with Crippen LogP contribution in [0.2, 0.25) is 0 Å². The predicted molar refractivity (Wildman–Crippen MR) is 86.1 cm³/mol. The lowest BCUT2D eigenvalue weighted by atomic mass is 10.1. The molecule has 1 atom stereocenters. The standard InChI is InChI=1S/C17H18N2O4/c1-12(20)18-14-7-9-15(10-8-14)23-19-16(17(21)22)11-13-5-3-2-4-6-13/h2-10,16,19H,11H2,1H3,(H,18,20)(H,21,22)/t16-/m0/s1. The Balaban J connectivity index is 1.93. The van der Waals surface area contributed by atoms with Gasteiger partial charge in [0.25, 0.3) is 0 Å². The van der Waals surface area contributed by atoms with E-state index in [0.717, 1.165) is 5.56 Å². The third-order valence-electron chi connectivity index (χ3n) is 3.07. The van der Waals surface area contributed by atoms with Crippen LogP contribution in [-0.2, 0) is 16.0 Å². The quantitative estimate of drug-likeness (QED) is 0.682. The summed E-state index contributed by atoms with van der Waals surface area (Å²) in [6.07, 6.45) is 0.306. The smallest absolute Gasteiger partial charge is 0.324 e. The van der Waals surface area contributed by atoms with Crippen LogP contribution in [0.25, 0.3) is 0 Å². The van der Waals surface area contributed by atoms with Crippen molar-refractivity contribution in [3.63, 3.8) is 0 Å². The van der Waals surface area contributed by atoms with Gasteiger partial charge in [0.1, 0.15) is 11.8 Å². The number of nitrogens with one attached hydrogen (secondary N) is 2. The number of benzene rings is 2. The molecule has 0 spiro atoms. The third-order valence-corrected chi connectivity index (χ3v) is 3.07. The zero-order chi connectivity index (χ0) is 16.7. The van der Waals surface area contributed by atoms with Crippen molar-refractivity contribution in [3.05, 3.63) is 60.2 Å². The SMILES string of the molecule is CC(=O)Nc1ccc(ON[C@@H](Cc2ccccc2)C(=O)O)cc1. The van der Waals surface area contributed by atoms with Gasteiger partial charge in [-0.3, -0.25) is 9.59 Å². The summed E-state index contributed by atoms with van der Waals surface area (Å²) in [5, 5.41) is 11.9. The summed E-state index contributed by atoms with van der Waals surface area (Å²) in [7, 11) is 0. The Morgan fingerprint density at radius 3 is 2.30 bits per heavy atom. The van der Waals surface area contributed by atoms with Crippen molar-refractivity contribution in [3.8, 4) is 5.75 Å². The van der Waals surface area contributed by atoms with Crippen molar-refractivity contribution in [2.75, 3.05) is 5.32 Å². The number of carbonyl (C=O) groups is 2. The molecular formula is C17H18N2O4. The molecule has 6 heteroatoms. The van der Waals surface area contributed by atoms with E-state index in [1.165, 1.54) is 6.92 Å². The molecule has 2 aromatic rings. The van der Waals surface area contributed by atoms with Gasteiger partial charge in [0.05, 0.1) is 0 Å². The normalized spacial score (nSPS) is 11.5. The number of carboxylic acid groups (broad SMARTS) is 1. The minimum atomic E-state index is -0.997. The van der Waals surface area contributed by atoms with Crippen LogP contribution in [0.3, 0.4) is 0 Å². The minimum absolute atomic E-state index is 0.161. The van der Waals surface area contributed by atoms with Crippen molar-refractivity contribution in [2.24, 2.45) is 0 Å². The van der Waals surface area contributed by atoms with Crippen LogP contribution in [0.1, 0.15) is 12.5 Å². The van der Waals surface area contributed by atoms with Crippen LogP contribution in [-0.4, -0.2) is 23.0 Å². The van der Waals surface area contributed by atoms with Gasteiger partial charge in [0.2, 0.25) is 5.91 Å². The molecule has 6 nitrogen and oxygen atoms in total. The van der Waals surface area contributed by atoms with E-state index in [1.54, 1.807) is 24.3 Å². The number of aliphatic carboxylic acids is 1. The van der Waals surface area contributed by atoms with Gasteiger partial charge >= 0.3 is 5.97 Å². The summed E-state index contributed by atoms with van der Waals surface area (Å²) in [4.78, 5) is 27.6. The Labute approximate surface area is 134 Å². The fraction of sp³-hybridized carbons (Fsp3) is 0.176. The molecule has 0 bridgehead atoms. The van der Waals surface area contributed by atoms with Crippen LogP contribution < -0.4 is 15.6 Å². The lowest BCUT2D eigenvalue weighted by molar-refractivity contribution is -0.141. The molecule has 0 radical (unpaired) electrons. The van der Waals surface area contributed by atoms with Gasteiger partial charge in [-0.2, -0.15) is 0 Å². The molecule has 0 aliphatic heterocycles. The van der Waals surface area contributed by atoms with Crippen molar-refractivity contribution in [2.45, 2.75) is 19.4 Å². The summed E-state index contributed by atoms with van der Waals surface area (Å²) in [6.45, 7) is 1.42. The zero-order valence-electron chi connectivity index (χ0n) is 12.7. The highest BCUT2D eigenvalue weighted by Gasteiger charge is 2.18. The number of hydroxylamine groups is 1. The number of hydrogen-bond acceptors (Lipinski definition) is 4. The molecule has 1 amide bonds. The maximum Gasteiger partial charge on any atom is 0.324 e. The minimum Gasteiger partial charge on any atom is -0.480 e. The molecule has 0 aromatic heterocycles. The van der Waals surface area contributed by atoms with E-state index >= 15 is 0 Å².